The molecule has 1 aromatic heterocycles. The Kier molecular flexibility index (Phi) is 4.33. The van der Waals surface area contributed by atoms with E-state index in [0.29, 0.717) is 15.7 Å². The Morgan fingerprint density at radius 1 is 1.40 bits per heavy atom. The molecular weight excluding hydrogens is 318 g/mol. The molecule has 108 valence electrons. The summed E-state index contributed by atoms with van der Waals surface area (Å²) in [6, 6.07) is 4.47. The molecule has 0 amide bonds. The number of hydrogen-bond donors (Lipinski definition) is 2. The number of sulfonamides is 1. The second-order valence-corrected chi connectivity index (χ2v) is 7.52. The molecule has 0 spiro atoms. The van der Waals surface area contributed by atoms with Crippen LogP contribution in [0.4, 0.5) is 5.13 Å². The van der Waals surface area contributed by atoms with Gasteiger partial charge in [-0.2, -0.15) is 0 Å². The summed E-state index contributed by atoms with van der Waals surface area (Å²) in [7, 11) is -3.69. The third kappa shape index (κ3) is 3.12. The van der Waals surface area contributed by atoms with Crippen molar-refractivity contribution in [3.63, 3.8) is 0 Å². The van der Waals surface area contributed by atoms with E-state index in [1.807, 2.05) is 13.8 Å². The van der Waals surface area contributed by atoms with Crippen LogP contribution in [-0.4, -0.2) is 13.4 Å². The van der Waals surface area contributed by atoms with Crippen LogP contribution in [0.25, 0.3) is 0 Å². The average molecular weight is 332 g/mol. The highest BCUT2D eigenvalue weighted by Gasteiger charge is 2.17. The van der Waals surface area contributed by atoms with Crippen molar-refractivity contribution in [2.24, 2.45) is 5.73 Å². The van der Waals surface area contributed by atoms with Gasteiger partial charge in [0.05, 0.1) is 10.6 Å². The summed E-state index contributed by atoms with van der Waals surface area (Å²) in [5.74, 6) is 0. The number of anilines is 1. The minimum absolute atomic E-state index is 0.0882. The van der Waals surface area contributed by atoms with E-state index >= 15 is 0 Å². The second kappa shape index (κ2) is 5.69. The van der Waals surface area contributed by atoms with Crippen molar-refractivity contribution in [2.75, 3.05) is 4.72 Å². The molecule has 0 atom stereocenters. The van der Waals surface area contributed by atoms with E-state index < -0.39 is 10.0 Å². The van der Waals surface area contributed by atoms with Gasteiger partial charge in [0.15, 0.2) is 5.13 Å². The highest BCUT2D eigenvalue weighted by molar-refractivity contribution is 7.93. The van der Waals surface area contributed by atoms with Crippen molar-refractivity contribution in [3.05, 3.63) is 39.4 Å². The van der Waals surface area contributed by atoms with E-state index in [-0.39, 0.29) is 11.4 Å². The maximum absolute atomic E-state index is 12.2. The monoisotopic (exact) mass is 331 g/mol. The van der Waals surface area contributed by atoms with E-state index in [9.17, 15) is 8.42 Å². The maximum Gasteiger partial charge on any atom is 0.263 e. The van der Waals surface area contributed by atoms with Gasteiger partial charge in [0.1, 0.15) is 0 Å². The SMILES string of the molecule is Cc1nc(NS(=O)(=O)c2ccc(CN)c(Cl)c2)sc1C. The fourth-order valence-electron chi connectivity index (χ4n) is 1.55. The standard InChI is InChI=1S/C12H14ClN3O2S2/c1-7-8(2)19-12(15-7)16-20(17,18)10-4-3-9(6-14)11(13)5-10/h3-5H,6,14H2,1-2H3,(H,15,16). The molecule has 0 saturated carbocycles. The molecule has 0 saturated heterocycles. The minimum atomic E-state index is -3.69. The van der Waals surface area contributed by atoms with Crippen LogP contribution >= 0.6 is 22.9 Å². The largest absolute Gasteiger partial charge is 0.326 e. The number of aromatic nitrogens is 1. The lowest BCUT2D eigenvalue weighted by molar-refractivity contribution is 0.601. The number of halogens is 1. The summed E-state index contributed by atoms with van der Waals surface area (Å²) >= 11 is 7.28. The minimum Gasteiger partial charge on any atom is -0.326 e. The Labute approximate surface area is 126 Å². The zero-order chi connectivity index (χ0) is 14.9. The summed E-state index contributed by atoms with van der Waals surface area (Å²) < 4.78 is 26.9. The van der Waals surface area contributed by atoms with Crippen molar-refractivity contribution < 1.29 is 8.42 Å². The Morgan fingerprint density at radius 3 is 2.60 bits per heavy atom. The van der Waals surface area contributed by atoms with Gasteiger partial charge >= 0.3 is 0 Å². The zero-order valence-electron chi connectivity index (χ0n) is 11.0. The van der Waals surface area contributed by atoms with Gasteiger partial charge < -0.3 is 5.73 Å². The van der Waals surface area contributed by atoms with Gasteiger partial charge in [-0.3, -0.25) is 4.72 Å². The fraction of sp³-hybridized carbons (Fsp3) is 0.250. The summed E-state index contributed by atoms with van der Waals surface area (Å²) in [5, 5.41) is 0.681. The van der Waals surface area contributed by atoms with Crippen LogP contribution in [0, 0.1) is 13.8 Å². The number of nitrogens with one attached hydrogen (secondary N) is 1. The third-order valence-electron chi connectivity index (χ3n) is 2.80. The van der Waals surface area contributed by atoms with E-state index in [1.165, 1.54) is 23.5 Å². The molecule has 0 aliphatic rings. The van der Waals surface area contributed by atoms with Crippen LogP contribution in [0.15, 0.2) is 23.1 Å². The fourth-order valence-corrected chi connectivity index (χ4v) is 3.95. The van der Waals surface area contributed by atoms with Gasteiger partial charge in [-0.15, -0.1) is 11.3 Å². The lowest BCUT2D eigenvalue weighted by atomic mass is 10.2. The Balaban J connectivity index is 2.33. The van der Waals surface area contributed by atoms with E-state index in [0.717, 1.165) is 10.6 Å². The van der Waals surface area contributed by atoms with Crippen LogP contribution in [0.5, 0.6) is 0 Å². The van der Waals surface area contributed by atoms with Crippen LogP contribution < -0.4 is 10.5 Å². The van der Waals surface area contributed by atoms with Crippen molar-refractivity contribution in [1.82, 2.24) is 4.98 Å². The van der Waals surface area contributed by atoms with Gasteiger partial charge in [-0.1, -0.05) is 17.7 Å². The summed E-state index contributed by atoms with van der Waals surface area (Å²) in [6.45, 7) is 3.98. The van der Waals surface area contributed by atoms with E-state index in [4.69, 9.17) is 17.3 Å². The number of aryl methyl sites for hydroxylation is 2. The lowest BCUT2D eigenvalue weighted by Gasteiger charge is -2.07. The van der Waals surface area contributed by atoms with Gasteiger partial charge in [-0.25, -0.2) is 13.4 Å². The van der Waals surface area contributed by atoms with Gasteiger partial charge in [-0.05, 0) is 31.5 Å². The smallest absolute Gasteiger partial charge is 0.263 e. The van der Waals surface area contributed by atoms with Crippen LogP contribution in [-0.2, 0) is 16.6 Å². The molecular formula is C12H14ClN3O2S2. The zero-order valence-corrected chi connectivity index (χ0v) is 13.4. The van der Waals surface area contributed by atoms with Crippen LogP contribution in [0.1, 0.15) is 16.1 Å². The molecule has 0 unspecified atom stereocenters. The van der Waals surface area contributed by atoms with Crippen molar-refractivity contribution in [2.45, 2.75) is 25.3 Å². The molecule has 0 fully saturated rings. The summed E-state index contributed by atoms with van der Waals surface area (Å²) in [4.78, 5) is 5.21. The highest BCUT2D eigenvalue weighted by Crippen LogP contribution is 2.26. The molecule has 0 aliphatic carbocycles. The number of benzene rings is 1. The molecule has 0 aliphatic heterocycles. The topological polar surface area (TPSA) is 85.1 Å². The van der Waals surface area contributed by atoms with Crippen LogP contribution in [0.3, 0.4) is 0 Å². The number of rotatable bonds is 4. The number of hydrogen-bond acceptors (Lipinski definition) is 5. The van der Waals surface area contributed by atoms with E-state index in [2.05, 4.69) is 9.71 Å². The third-order valence-corrected chi connectivity index (χ3v) is 5.61. The summed E-state index contributed by atoms with van der Waals surface area (Å²) in [6.07, 6.45) is 0. The second-order valence-electron chi connectivity index (χ2n) is 4.22. The lowest BCUT2D eigenvalue weighted by Crippen LogP contribution is -2.13. The molecule has 2 aromatic rings. The first kappa shape index (κ1) is 15.2. The van der Waals surface area contributed by atoms with Crippen molar-refractivity contribution in [1.29, 1.82) is 0 Å². The molecule has 1 aromatic carbocycles. The van der Waals surface area contributed by atoms with Crippen molar-refractivity contribution in [3.8, 4) is 0 Å². The van der Waals surface area contributed by atoms with Gasteiger partial charge in [0, 0.05) is 16.4 Å². The summed E-state index contributed by atoms with van der Waals surface area (Å²) in [5.41, 5.74) is 7.00. The van der Waals surface area contributed by atoms with Gasteiger partial charge in [0.2, 0.25) is 0 Å². The average Bonchev–Trinajstić information content (AvgIpc) is 2.67. The Hall–Kier alpha value is -1.15. The molecule has 0 bridgehead atoms. The molecule has 3 N–H and O–H groups in total. The predicted molar refractivity (Wildman–Crippen MR) is 81.7 cm³/mol. The Bertz CT molecular complexity index is 722. The Morgan fingerprint density at radius 2 is 2.10 bits per heavy atom. The first-order valence-electron chi connectivity index (χ1n) is 5.79. The molecule has 8 heteroatoms. The number of nitrogens with two attached hydrogens (primary N) is 1. The van der Waals surface area contributed by atoms with E-state index in [1.54, 1.807) is 6.07 Å². The van der Waals surface area contributed by atoms with Crippen molar-refractivity contribution >= 4 is 38.1 Å². The highest BCUT2D eigenvalue weighted by atomic mass is 35.5. The quantitative estimate of drug-likeness (QED) is 0.902. The normalized spacial score (nSPS) is 11.6. The number of nitrogens with zero attached hydrogens (tertiary/aromatic N) is 1. The van der Waals surface area contributed by atoms with Crippen LogP contribution in [0.2, 0.25) is 5.02 Å². The molecule has 1 heterocycles. The number of thiazole rings is 1. The van der Waals surface area contributed by atoms with Gasteiger partial charge in [0.25, 0.3) is 10.0 Å². The first-order chi connectivity index (χ1) is 9.33. The first-order valence-corrected chi connectivity index (χ1v) is 8.46. The molecule has 5 nitrogen and oxygen atoms in total. The molecule has 2 rings (SSSR count). The molecule has 20 heavy (non-hydrogen) atoms. The molecule has 0 radical (unpaired) electrons. The maximum atomic E-state index is 12.2. The predicted octanol–water partition coefficient (Wildman–Crippen LogP) is 2.67.